The predicted molar refractivity (Wildman–Crippen MR) is 88.4 cm³/mol. The van der Waals surface area contributed by atoms with Crippen LogP contribution in [0.5, 0.6) is 0 Å². The summed E-state index contributed by atoms with van der Waals surface area (Å²) in [6, 6.07) is 9.27. The molecule has 2 aromatic rings. The zero-order valence-corrected chi connectivity index (χ0v) is 13.4. The van der Waals surface area contributed by atoms with Gasteiger partial charge in [-0.15, -0.1) is 0 Å². The minimum absolute atomic E-state index is 0.189. The number of carbonyl (C=O) groups is 2. The average molecular weight is 318 g/mol. The maximum atomic E-state index is 11.7. The first-order valence-electron chi connectivity index (χ1n) is 6.78. The van der Waals surface area contributed by atoms with E-state index in [1.54, 1.807) is 12.1 Å². The molecular weight excluding hydrogens is 300 g/mol. The maximum Gasteiger partial charge on any atom is 0.310 e. The summed E-state index contributed by atoms with van der Waals surface area (Å²) in [7, 11) is 3.89. The van der Waals surface area contributed by atoms with Crippen molar-refractivity contribution in [3.8, 4) is 0 Å². The van der Waals surface area contributed by atoms with Gasteiger partial charge in [0.2, 0.25) is 0 Å². The summed E-state index contributed by atoms with van der Waals surface area (Å²) in [5, 5.41) is 6.47. The second-order valence-corrected chi connectivity index (χ2v) is 5.74. The molecule has 0 aliphatic heterocycles. The number of hydrogen-bond acceptors (Lipinski definition) is 5. The van der Waals surface area contributed by atoms with Gasteiger partial charge in [-0.05, 0) is 46.7 Å². The molecule has 0 bridgehead atoms. The fraction of sp³-hybridized carbons (Fsp3) is 0.250. The molecule has 0 saturated heterocycles. The Morgan fingerprint density at radius 3 is 2.50 bits per heavy atom. The van der Waals surface area contributed by atoms with Crippen LogP contribution >= 0.6 is 11.3 Å². The van der Waals surface area contributed by atoms with Gasteiger partial charge < -0.3 is 15.0 Å². The lowest BCUT2D eigenvalue weighted by molar-refractivity contribution is -0.146. The molecule has 1 heterocycles. The maximum absolute atomic E-state index is 11.7. The molecule has 22 heavy (non-hydrogen) atoms. The molecule has 1 N–H and O–H groups in total. The molecule has 1 aromatic carbocycles. The largest absolute Gasteiger partial charge is 0.455 e. The SMILES string of the molecule is CN(C)c1ccc(NC(=O)COC(=O)Cc2ccsc2)cc1. The minimum Gasteiger partial charge on any atom is -0.455 e. The highest BCUT2D eigenvalue weighted by molar-refractivity contribution is 7.07. The van der Waals surface area contributed by atoms with Crippen LogP contribution in [0.3, 0.4) is 0 Å². The second-order valence-electron chi connectivity index (χ2n) is 4.96. The molecule has 6 heteroatoms. The zero-order chi connectivity index (χ0) is 15.9. The molecule has 1 aromatic heterocycles. The Balaban J connectivity index is 1.76. The van der Waals surface area contributed by atoms with Crippen molar-refractivity contribution < 1.29 is 14.3 Å². The van der Waals surface area contributed by atoms with Crippen LogP contribution in [0.2, 0.25) is 0 Å². The van der Waals surface area contributed by atoms with Crippen molar-refractivity contribution >= 4 is 34.6 Å². The number of nitrogens with one attached hydrogen (secondary N) is 1. The summed E-state index contributed by atoms with van der Waals surface area (Å²) in [4.78, 5) is 25.3. The number of rotatable bonds is 6. The number of hydrogen-bond donors (Lipinski definition) is 1. The highest BCUT2D eigenvalue weighted by Crippen LogP contribution is 2.15. The number of nitrogens with zero attached hydrogens (tertiary/aromatic N) is 1. The Bertz CT molecular complexity index is 621. The molecule has 0 aliphatic carbocycles. The number of carbonyl (C=O) groups excluding carboxylic acids is 2. The molecule has 0 unspecified atom stereocenters. The molecule has 0 fully saturated rings. The van der Waals surface area contributed by atoms with Crippen molar-refractivity contribution in [2.45, 2.75) is 6.42 Å². The molecule has 0 aliphatic rings. The van der Waals surface area contributed by atoms with E-state index >= 15 is 0 Å². The molecule has 5 nitrogen and oxygen atoms in total. The zero-order valence-electron chi connectivity index (χ0n) is 12.5. The standard InChI is InChI=1S/C16H18N2O3S/c1-18(2)14-5-3-13(4-6-14)17-15(19)10-21-16(20)9-12-7-8-22-11-12/h3-8,11H,9-10H2,1-2H3,(H,17,19). The summed E-state index contributed by atoms with van der Waals surface area (Å²) in [5.74, 6) is -0.757. The van der Waals surface area contributed by atoms with Crippen molar-refractivity contribution in [3.63, 3.8) is 0 Å². The van der Waals surface area contributed by atoms with Crippen molar-refractivity contribution in [2.75, 3.05) is 30.9 Å². The van der Waals surface area contributed by atoms with Crippen LogP contribution in [0.4, 0.5) is 11.4 Å². The van der Waals surface area contributed by atoms with Gasteiger partial charge in [-0.2, -0.15) is 11.3 Å². The number of benzene rings is 1. The molecule has 116 valence electrons. The van der Waals surface area contributed by atoms with Gasteiger partial charge in [0.05, 0.1) is 6.42 Å². The topological polar surface area (TPSA) is 58.6 Å². The fourth-order valence-corrected chi connectivity index (χ4v) is 2.47. The number of anilines is 2. The van der Waals surface area contributed by atoms with Crippen LogP contribution in [-0.4, -0.2) is 32.6 Å². The lowest BCUT2D eigenvalue weighted by Gasteiger charge is -2.13. The van der Waals surface area contributed by atoms with E-state index in [0.29, 0.717) is 5.69 Å². The van der Waals surface area contributed by atoms with Gasteiger partial charge in [0.15, 0.2) is 6.61 Å². The van der Waals surface area contributed by atoms with E-state index in [1.165, 1.54) is 11.3 Å². The van der Waals surface area contributed by atoms with Gasteiger partial charge in [0.1, 0.15) is 0 Å². The Kier molecular flexibility index (Phi) is 5.55. The van der Waals surface area contributed by atoms with Crippen molar-refractivity contribution in [1.82, 2.24) is 0 Å². The van der Waals surface area contributed by atoms with Gasteiger partial charge >= 0.3 is 5.97 Å². The number of esters is 1. The second kappa shape index (κ2) is 7.61. The molecule has 0 spiro atoms. The molecule has 0 radical (unpaired) electrons. The molecule has 0 saturated carbocycles. The van der Waals surface area contributed by atoms with E-state index in [1.807, 2.05) is 48.0 Å². The molecular formula is C16H18N2O3S. The van der Waals surface area contributed by atoms with Gasteiger partial charge in [0.25, 0.3) is 5.91 Å². The minimum atomic E-state index is -0.406. The highest BCUT2D eigenvalue weighted by Gasteiger charge is 2.09. The third kappa shape index (κ3) is 4.89. The Hall–Kier alpha value is -2.34. The van der Waals surface area contributed by atoms with Crippen molar-refractivity contribution in [2.24, 2.45) is 0 Å². The third-order valence-corrected chi connectivity index (χ3v) is 3.69. The summed E-state index contributed by atoms with van der Waals surface area (Å²) in [6.07, 6.45) is 0.189. The summed E-state index contributed by atoms with van der Waals surface area (Å²) in [6.45, 7) is -0.279. The quantitative estimate of drug-likeness (QED) is 0.832. The van der Waals surface area contributed by atoms with E-state index < -0.39 is 5.97 Å². The lowest BCUT2D eigenvalue weighted by atomic mass is 10.2. The van der Waals surface area contributed by atoms with Crippen molar-refractivity contribution in [3.05, 3.63) is 46.7 Å². The van der Waals surface area contributed by atoms with E-state index in [-0.39, 0.29) is 18.9 Å². The summed E-state index contributed by atoms with van der Waals surface area (Å²) in [5.41, 5.74) is 2.61. The number of ether oxygens (including phenoxy) is 1. The van der Waals surface area contributed by atoms with Crippen LogP contribution in [0.1, 0.15) is 5.56 Å². The number of amides is 1. The Labute approximate surface area is 133 Å². The first-order chi connectivity index (χ1) is 10.5. The van der Waals surface area contributed by atoms with Gasteiger partial charge in [-0.25, -0.2) is 0 Å². The lowest BCUT2D eigenvalue weighted by Crippen LogP contribution is -2.21. The van der Waals surface area contributed by atoms with Crippen LogP contribution in [-0.2, 0) is 20.7 Å². The van der Waals surface area contributed by atoms with E-state index in [0.717, 1.165) is 11.3 Å². The normalized spacial score (nSPS) is 10.1. The third-order valence-electron chi connectivity index (χ3n) is 2.96. The first-order valence-corrected chi connectivity index (χ1v) is 7.73. The fourth-order valence-electron chi connectivity index (χ4n) is 1.80. The van der Waals surface area contributed by atoms with Gasteiger partial charge in [-0.3, -0.25) is 9.59 Å². The van der Waals surface area contributed by atoms with E-state index in [4.69, 9.17) is 4.74 Å². The summed E-state index contributed by atoms with van der Waals surface area (Å²) < 4.78 is 4.96. The predicted octanol–water partition coefficient (Wildman–Crippen LogP) is 2.54. The molecule has 2 rings (SSSR count). The van der Waals surface area contributed by atoms with E-state index in [2.05, 4.69) is 5.32 Å². The van der Waals surface area contributed by atoms with Gasteiger partial charge in [-0.1, -0.05) is 0 Å². The Morgan fingerprint density at radius 2 is 1.91 bits per heavy atom. The molecule has 1 amide bonds. The van der Waals surface area contributed by atoms with Crippen LogP contribution in [0.15, 0.2) is 41.1 Å². The van der Waals surface area contributed by atoms with Crippen LogP contribution < -0.4 is 10.2 Å². The van der Waals surface area contributed by atoms with Gasteiger partial charge in [0, 0.05) is 25.5 Å². The summed E-state index contributed by atoms with van der Waals surface area (Å²) >= 11 is 1.52. The van der Waals surface area contributed by atoms with Crippen LogP contribution in [0.25, 0.3) is 0 Å². The van der Waals surface area contributed by atoms with E-state index in [9.17, 15) is 9.59 Å². The highest BCUT2D eigenvalue weighted by atomic mass is 32.1. The van der Waals surface area contributed by atoms with Crippen molar-refractivity contribution in [1.29, 1.82) is 0 Å². The monoisotopic (exact) mass is 318 g/mol. The number of thiophene rings is 1. The Morgan fingerprint density at radius 1 is 1.18 bits per heavy atom. The average Bonchev–Trinajstić information content (AvgIpc) is 2.98. The van der Waals surface area contributed by atoms with Crippen LogP contribution in [0, 0.1) is 0 Å². The first kappa shape index (κ1) is 16.0. The molecule has 0 atom stereocenters. The smallest absolute Gasteiger partial charge is 0.310 e.